The minimum atomic E-state index is -0.306. The van der Waals surface area contributed by atoms with Crippen LogP contribution in [-0.2, 0) is 9.59 Å². The molecule has 0 bridgehead atoms. The van der Waals surface area contributed by atoms with Gasteiger partial charge in [0, 0.05) is 63.4 Å². The molecule has 176 valence electrons. The van der Waals surface area contributed by atoms with E-state index in [2.05, 4.69) is 30.0 Å². The minimum absolute atomic E-state index is 0.0125. The maximum absolute atomic E-state index is 13.7. The Hall–Kier alpha value is -3.22. The maximum Gasteiger partial charge on any atom is 0.228 e. The highest BCUT2D eigenvalue weighted by Crippen LogP contribution is 2.40. The van der Waals surface area contributed by atoms with Crippen molar-refractivity contribution in [1.29, 1.82) is 0 Å². The predicted molar refractivity (Wildman–Crippen MR) is 128 cm³/mol. The van der Waals surface area contributed by atoms with E-state index >= 15 is 0 Å². The standard InChI is InChI=1S/C26H33N3O4/c1-18-7-5-6-8-24(18)27-11-13-28(14-12-27)26(31)23-17-29(19(2)30)16-22(23)21-15-20(32-3)9-10-25(21)33-4/h5-10,15,22-23H,11-14,16-17H2,1-4H3. The second-order valence-electron chi connectivity index (χ2n) is 8.84. The van der Waals surface area contributed by atoms with Crippen LogP contribution in [0.4, 0.5) is 5.69 Å². The lowest BCUT2D eigenvalue weighted by molar-refractivity contribution is -0.136. The van der Waals surface area contributed by atoms with E-state index in [1.54, 1.807) is 26.0 Å². The van der Waals surface area contributed by atoms with Gasteiger partial charge in [0.2, 0.25) is 11.8 Å². The van der Waals surface area contributed by atoms with Crippen LogP contribution in [0.5, 0.6) is 11.5 Å². The lowest BCUT2D eigenvalue weighted by Crippen LogP contribution is -2.51. The number of amides is 2. The average Bonchev–Trinajstić information content (AvgIpc) is 3.29. The second-order valence-corrected chi connectivity index (χ2v) is 8.84. The van der Waals surface area contributed by atoms with Crippen molar-refractivity contribution >= 4 is 17.5 Å². The fourth-order valence-electron chi connectivity index (χ4n) is 5.08. The number of aryl methyl sites for hydroxylation is 1. The summed E-state index contributed by atoms with van der Waals surface area (Å²) < 4.78 is 11.0. The Bertz CT molecular complexity index is 1020. The van der Waals surface area contributed by atoms with Gasteiger partial charge in [0.15, 0.2) is 0 Å². The summed E-state index contributed by atoms with van der Waals surface area (Å²) in [5.41, 5.74) is 3.39. The van der Waals surface area contributed by atoms with Gasteiger partial charge in [-0.25, -0.2) is 0 Å². The van der Waals surface area contributed by atoms with Gasteiger partial charge in [0.25, 0.3) is 0 Å². The molecule has 7 heteroatoms. The fourth-order valence-corrected chi connectivity index (χ4v) is 5.08. The van der Waals surface area contributed by atoms with Gasteiger partial charge in [0.05, 0.1) is 20.1 Å². The topological polar surface area (TPSA) is 62.3 Å². The molecule has 2 aromatic carbocycles. The molecule has 2 aliphatic rings. The Kier molecular flexibility index (Phi) is 6.77. The van der Waals surface area contributed by atoms with Gasteiger partial charge in [-0.1, -0.05) is 18.2 Å². The van der Waals surface area contributed by atoms with Crippen molar-refractivity contribution in [1.82, 2.24) is 9.80 Å². The Labute approximate surface area is 195 Å². The molecule has 2 aromatic rings. The number of nitrogens with zero attached hydrogens (tertiary/aromatic N) is 3. The van der Waals surface area contributed by atoms with Crippen molar-refractivity contribution in [2.45, 2.75) is 19.8 Å². The van der Waals surface area contributed by atoms with Gasteiger partial charge in [-0.3, -0.25) is 9.59 Å². The van der Waals surface area contributed by atoms with E-state index in [1.807, 2.05) is 29.2 Å². The third kappa shape index (κ3) is 4.63. The zero-order valence-corrected chi connectivity index (χ0v) is 19.9. The molecule has 0 N–H and O–H groups in total. The molecule has 7 nitrogen and oxygen atoms in total. The molecule has 2 fully saturated rings. The lowest BCUT2D eigenvalue weighted by Gasteiger charge is -2.38. The Morgan fingerprint density at radius 3 is 2.27 bits per heavy atom. The Morgan fingerprint density at radius 1 is 0.909 bits per heavy atom. The first-order valence-corrected chi connectivity index (χ1v) is 11.5. The smallest absolute Gasteiger partial charge is 0.228 e. The van der Waals surface area contributed by atoms with Crippen molar-refractivity contribution < 1.29 is 19.1 Å². The number of rotatable bonds is 5. The summed E-state index contributed by atoms with van der Waals surface area (Å²) in [6, 6.07) is 14.0. The molecule has 0 radical (unpaired) electrons. The molecule has 0 aliphatic carbocycles. The highest BCUT2D eigenvalue weighted by atomic mass is 16.5. The number of benzene rings is 2. The largest absolute Gasteiger partial charge is 0.497 e. The molecule has 2 atom stereocenters. The third-order valence-corrected chi connectivity index (χ3v) is 6.97. The van der Waals surface area contributed by atoms with Crippen molar-refractivity contribution in [3.8, 4) is 11.5 Å². The second kappa shape index (κ2) is 9.73. The van der Waals surface area contributed by atoms with Crippen LogP contribution in [0.2, 0.25) is 0 Å². The first-order chi connectivity index (χ1) is 15.9. The monoisotopic (exact) mass is 451 g/mol. The number of carbonyl (C=O) groups is 2. The zero-order valence-electron chi connectivity index (χ0n) is 19.9. The van der Waals surface area contributed by atoms with Crippen molar-refractivity contribution in [2.75, 3.05) is 58.4 Å². The van der Waals surface area contributed by atoms with E-state index in [1.165, 1.54) is 11.3 Å². The molecule has 0 spiro atoms. The highest BCUT2D eigenvalue weighted by Gasteiger charge is 2.43. The number of ether oxygens (including phenoxy) is 2. The van der Waals surface area contributed by atoms with E-state index in [9.17, 15) is 9.59 Å². The molecule has 2 aliphatic heterocycles. The van der Waals surface area contributed by atoms with Gasteiger partial charge in [-0.15, -0.1) is 0 Å². The van der Waals surface area contributed by atoms with Gasteiger partial charge < -0.3 is 24.2 Å². The molecule has 2 heterocycles. The highest BCUT2D eigenvalue weighted by molar-refractivity contribution is 5.83. The van der Waals surface area contributed by atoms with Crippen LogP contribution < -0.4 is 14.4 Å². The van der Waals surface area contributed by atoms with Crippen LogP contribution in [-0.4, -0.2) is 75.1 Å². The van der Waals surface area contributed by atoms with Crippen molar-refractivity contribution in [3.63, 3.8) is 0 Å². The number of hydrogen-bond acceptors (Lipinski definition) is 5. The number of carbonyl (C=O) groups excluding carboxylic acids is 2. The number of piperazine rings is 1. The SMILES string of the molecule is COc1ccc(OC)c(C2CN(C(C)=O)CC2C(=O)N2CCN(c3ccccc3C)CC2)c1. The normalized spacial score (nSPS) is 20.7. The predicted octanol–water partition coefficient (Wildman–Crippen LogP) is 2.92. The minimum Gasteiger partial charge on any atom is -0.497 e. The quantitative estimate of drug-likeness (QED) is 0.700. The summed E-state index contributed by atoms with van der Waals surface area (Å²) in [4.78, 5) is 32.0. The van der Waals surface area contributed by atoms with Crippen LogP contribution in [0, 0.1) is 12.8 Å². The molecule has 0 saturated carbocycles. The summed E-state index contributed by atoms with van der Waals surface area (Å²) in [7, 11) is 3.25. The van der Waals surface area contributed by atoms with Crippen molar-refractivity contribution in [2.24, 2.45) is 5.92 Å². The van der Waals surface area contributed by atoms with Crippen LogP contribution in [0.15, 0.2) is 42.5 Å². The average molecular weight is 452 g/mol. The maximum atomic E-state index is 13.7. The first kappa shape index (κ1) is 23.0. The number of para-hydroxylation sites is 1. The summed E-state index contributed by atoms with van der Waals surface area (Å²) in [6.07, 6.45) is 0. The van der Waals surface area contributed by atoms with Gasteiger partial charge >= 0.3 is 0 Å². The number of anilines is 1. The molecule has 2 saturated heterocycles. The number of likely N-dealkylation sites (tertiary alicyclic amines) is 1. The molecule has 2 amide bonds. The van der Waals surface area contributed by atoms with Gasteiger partial charge in [0.1, 0.15) is 11.5 Å². The zero-order chi connectivity index (χ0) is 23.5. The molecule has 0 aromatic heterocycles. The summed E-state index contributed by atoms with van der Waals surface area (Å²) in [5.74, 6) is 1.08. The van der Waals surface area contributed by atoms with E-state index in [-0.39, 0.29) is 23.7 Å². The van der Waals surface area contributed by atoms with Gasteiger partial charge in [-0.05, 0) is 36.8 Å². The van der Waals surface area contributed by atoms with E-state index in [0.29, 0.717) is 37.7 Å². The van der Waals surface area contributed by atoms with E-state index in [4.69, 9.17) is 9.47 Å². The van der Waals surface area contributed by atoms with Crippen LogP contribution in [0.25, 0.3) is 0 Å². The fraction of sp³-hybridized carbons (Fsp3) is 0.462. The Balaban J connectivity index is 1.54. The summed E-state index contributed by atoms with van der Waals surface area (Å²) in [5, 5.41) is 0. The van der Waals surface area contributed by atoms with Crippen LogP contribution >= 0.6 is 0 Å². The lowest BCUT2D eigenvalue weighted by atomic mass is 9.87. The first-order valence-electron chi connectivity index (χ1n) is 11.5. The molecular formula is C26H33N3O4. The summed E-state index contributed by atoms with van der Waals surface area (Å²) >= 11 is 0. The molecular weight excluding hydrogens is 418 g/mol. The third-order valence-electron chi connectivity index (χ3n) is 6.97. The van der Waals surface area contributed by atoms with Crippen molar-refractivity contribution in [3.05, 3.63) is 53.6 Å². The number of hydrogen-bond donors (Lipinski definition) is 0. The molecule has 33 heavy (non-hydrogen) atoms. The van der Waals surface area contributed by atoms with Gasteiger partial charge in [-0.2, -0.15) is 0 Å². The molecule has 2 unspecified atom stereocenters. The van der Waals surface area contributed by atoms with E-state index < -0.39 is 0 Å². The van der Waals surface area contributed by atoms with Crippen LogP contribution in [0.1, 0.15) is 24.0 Å². The summed E-state index contributed by atoms with van der Waals surface area (Å²) in [6.45, 7) is 7.55. The molecule has 4 rings (SSSR count). The number of methoxy groups -OCH3 is 2. The van der Waals surface area contributed by atoms with E-state index in [0.717, 1.165) is 18.7 Å². The Morgan fingerprint density at radius 2 is 1.64 bits per heavy atom. The van der Waals surface area contributed by atoms with Crippen LogP contribution in [0.3, 0.4) is 0 Å².